The average Bonchev–Trinajstić information content (AvgIpc) is 3.45. The summed E-state index contributed by atoms with van der Waals surface area (Å²) in [5.41, 5.74) is 3.13. The number of halogens is 1. The van der Waals surface area contributed by atoms with Crippen LogP contribution >= 0.6 is 15.9 Å². The highest BCUT2D eigenvalue weighted by Crippen LogP contribution is 2.36. The molecule has 0 spiro atoms. The fourth-order valence-corrected chi connectivity index (χ4v) is 5.17. The van der Waals surface area contributed by atoms with Gasteiger partial charge in [0, 0.05) is 11.1 Å². The largest absolute Gasteiger partial charge is 0.493 e. The Kier molecular flexibility index (Phi) is 7.76. The van der Waals surface area contributed by atoms with Crippen LogP contribution in [0.15, 0.2) is 110 Å². The van der Waals surface area contributed by atoms with Crippen LogP contribution < -0.4 is 20.3 Å². The minimum Gasteiger partial charge on any atom is -0.493 e. The first-order valence-corrected chi connectivity index (χ1v) is 14.1. The number of aryl methyl sites for hydroxylation is 1. The normalized spacial score (nSPS) is 11.3. The van der Waals surface area contributed by atoms with Gasteiger partial charge < -0.3 is 19.2 Å². The number of hydrogen-bond donors (Lipinski definition) is 1. The SMILES string of the molecule is COc1cc(C=Nn2c(-c3cc4ccccc4o3)nc3ccccc3c2=O)cc(Br)c1OCC(=O)Nc1ccccc1C. The first-order chi connectivity index (χ1) is 20.9. The summed E-state index contributed by atoms with van der Waals surface area (Å²) in [5.74, 6) is 1.10. The summed E-state index contributed by atoms with van der Waals surface area (Å²) in [7, 11) is 1.50. The molecule has 43 heavy (non-hydrogen) atoms. The molecule has 214 valence electrons. The Hall–Kier alpha value is -5.22. The number of benzene rings is 4. The summed E-state index contributed by atoms with van der Waals surface area (Å²) >= 11 is 3.52. The van der Waals surface area contributed by atoms with Gasteiger partial charge in [0.15, 0.2) is 23.9 Å². The lowest BCUT2D eigenvalue weighted by atomic mass is 10.2. The van der Waals surface area contributed by atoms with Gasteiger partial charge in [0.25, 0.3) is 11.5 Å². The molecule has 4 aromatic carbocycles. The van der Waals surface area contributed by atoms with Crippen molar-refractivity contribution >= 4 is 55.6 Å². The van der Waals surface area contributed by atoms with Gasteiger partial charge in [0.1, 0.15) is 5.58 Å². The number of hydrogen-bond acceptors (Lipinski definition) is 7. The molecular formula is C33H25BrN4O5. The van der Waals surface area contributed by atoms with Gasteiger partial charge in [-0.2, -0.15) is 9.78 Å². The monoisotopic (exact) mass is 636 g/mol. The first-order valence-electron chi connectivity index (χ1n) is 13.3. The maximum absolute atomic E-state index is 13.6. The van der Waals surface area contributed by atoms with Crippen molar-refractivity contribution in [3.8, 4) is 23.1 Å². The first kappa shape index (κ1) is 27.9. The van der Waals surface area contributed by atoms with Gasteiger partial charge in [0.2, 0.25) is 5.82 Å². The maximum Gasteiger partial charge on any atom is 0.282 e. The molecule has 6 aromatic rings. The lowest BCUT2D eigenvalue weighted by molar-refractivity contribution is -0.118. The number of nitrogens with zero attached hydrogens (tertiary/aromatic N) is 3. The van der Waals surface area contributed by atoms with Crippen LogP contribution in [-0.2, 0) is 4.79 Å². The Morgan fingerprint density at radius 2 is 1.81 bits per heavy atom. The summed E-state index contributed by atoms with van der Waals surface area (Å²) in [5, 5.41) is 8.67. The van der Waals surface area contributed by atoms with E-state index in [-0.39, 0.29) is 23.9 Å². The Balaban J connectivity index is 1.31. The third kappa shape index (κ3) is 5.77. The number of anilines is 1. The summed E-state index contributed by atoms with van der Waals surface area (Å²) in [4.78, 5) is 30.8. The van der Waals surface area contributed by atoms with Crippen molar-refractivity contribution in [1.82, 2.24) is 9.66 Å². The van der Waals surface area contributed by atoms with Gasteiger partial charge in [0.05, 0.1) is 28.7 Å². The van der Waals surface area contributed by atoms with Gasteiger partial charge >= 0.3 is 0 Å². The molecule has 0 fully saturated rings. The van der Waals surface area contributed by atoms with E-state index in [1.807, 2.05) is 67.6 Å². The average molecular weight is 637 g/mol. The molecule has 1 amide bonds. The van der Waals surface area contributed by atoms with Crippen molar-refractivity contribution in [3.63, 3.8) is 0 Å². The highest BCUT2D eigenvalue weighted by atomic mass is 79.9. The van der Waals surface area contributed by atoms with E-state index in [1.54, 1.807) is 30.3 Å². The Labute approximate surface area is 254 Å². The zero-order valence-corrected chi connectivity index (χ0v) is 24.8. The molecule has 9 nitrogen and oxygen atoms in total. The molecule has 0 bridgehead atoms. The second-order valence-electron chi connectivity index (χ2n) is 9.65. The Bertz CT molecular complexity index is 2050. The van der Waals surface area contributed by atoms with Crippen molar-refractivity contribution < 1.29 is 18.7 Å². The smallest absolute Gasteiger partial charge is 0.282 e. The van der Waals surface area contributed by atoms with Crippen LogP contribution in [0.3, 0.4) is 0 Å². The van der Waals surface area contributed by atoms with E-state index in [9.17, 15) is 9.59 Å². The molecule has 1 N–H and O–H groups in total. The fraction of sp³-hybridized carbons (Fsp3) is 0.0909. The standard InChI is InChI=1S/C33H25BrN4O5/c1-20-9-3-6-12-25(20)36-30(39)19-42-31-24(34)15-21(16-28(31)41-2)18-35-38-32(29-17-22-10-4-8-14-27(22)43-29)37-26-13-7-5-11-23(26)33(38)40/h3-18H,19H2,1-2H3,(H,36,39). The van der Waals surface area contributed by atoms with Crippen LogP contribution in [0.1, 0.15) is 11.1 Å². The highest BCUT2D eigenvalue weighted by molar-refractivity contribution is 9.10. The van der Waals surface area contributed by atoms with Crippen LogP contribution in [0.25, 0.3) is 33.5 Å². The molecule has 2 aromatic heterocycles. The quantitative estimate of drug-likeness (QED) is 0.184. The summed E-state index contributed by atoms with van der Waals surface area (Å²) in [6.45, 7) is 1.69. The van der Waals surface area contributed by atoms with Gasteiger partial charge in [-0.1, -0.05) is 48.5 Å². The molecule has 0 aliphatic heterocycles. The van der Waals surface area contributed by atoms with Crippen molar-refractivity contribution in [2.75, 3.05) is 19.0 Å². The topological polar surface area (TPSA) is 108 Å². The van der Waals surface area contributed by atoms with E-state index >= 15 is 0 Å². The number of fused-ring (bicyclic) bond motifs is 2. The van der Waals surface area contributed by atoms with Crippen molar-refractivity contribution in [3.05, 3.63) is 117 Å². The minimum absolute atomic E-state index is 0.226. The van der Waals surface area contributed by atoms with Gasteiger partial charge in [-0.25, -0.2) is 4.98 Å². The van der Waals surface area contributed by atoms with E-state index in [2.05, 4.69) is 26.3 Å². The summed E-state index contributed by atoms with van der Waals surface area (Å²) in [6.07, 6.45) is 1.52. The van der Waals surface area contributed by atoms with Gasteiger partial charge in [-0.15, -0.1) is 0 Å². The Morgan fingerprint density at radius 1 is 1.05 bits per heavy atom. The van der Waals surface area contributed by atoms with Crippen molar-refractivity contribution in [2.24, 2.45) is 5.10 Å². The van der Waals surface area contributed by atoms with Gasteiger partial charge in [-0.05, 0) is 76.4 Å². The molecular weight excluding hydrogens is 612 g/mol. The number of amides is 1. The maximum atomic E-state index is 13.6. The zero-order valence-electron chi connectivity index (χ0n) is 23.2. The van der Waals surface area contributed by atoms with E-state index in [0.29, 0.717) is 49.5 Å². The molecule has 0 radical (unpaired) electrons. The lowest BCUT2D eigenvalue weighted by Crippen LogP contribution is -2.21. The number of para-hydroxylation sites is 3. The van der Waals surface area contributed by atoms with Gasteiger partial charge in [-0.3, -0.25) is 9.59 Å². The van der Waals surface area contributed by atoms with Crippen LogP contribution in [0.4, 0.5) is 5.69 Å². The van der Waals surface area contributed by atoms with Crippen LogP contribution in [-0.4, -0.2) is 35.5 Å². The van der Waals surface area contributed by atoms with Crippen LogP contribution in [0.2, 0.25) is 0 Å². The zero-order chi connectivity index (χ0) is 29.9. The molecule has 0 saturated carbocycles. The van der Waals surface area contributed by atoms with E-state index < -0.39 is 0 Å². The van der Waals surface area contributed by atoms with Crippen LogP contribution in [0, 0.1) is 6.92 Å². The molecule has 0 aliphatic rings. The summed E-state index contributed by atoms with van der Waals surface area (Å²) < 4.78 is 19.2. The van der Waals surface area contributed by atoms with Crippen molar-refractivity contribution in [2.45, 2.75) is 6.92 Å². The van der Waals surface area contributed by atoms with E-state index in [4.69, 9.17) is 18.9 Å². The highest BCUT2D eigenvalue weighted by Gasteiger charge is 2.17. The number of carbonyl (C=O) groups is 1. The minimum atomic E-state index is -0.344. The van der Waals surface area contributed by atoms with E-state index in [1.165, 1.54) is 18.0 Å². The lowest BCUT2D eigenvalue weighted by Gasteiger charge is -2.14. The number of methoxy groups -OCH3 is 1. The molecule has 0 aliphatic carbocycles. The number of aromatic nitrogens is 2. The number of nitrogens with one attached hydrogen (secondary N) is 1. The second-order valence-corrected chi connectivity index (χ2v) is 10.5. The third-order valence-electron chi connectivity index (χ3n) is 6.74. The number of ether oxygens (including phenoxy) is 2. The van der Waals surface area contributed by atoms with Crippen LogP contribution in [0.5, 0.6) is 11.5 Å². The number of furan rings is 1. The second kappa shape index (κ2) is 11.9. The molecule has 0 atom stereocenters. The molecule has 6 rings (SSSR count). The van der Waals surface area contributed by atoms with Crippen molar-refractivity contribution in [1.29, 1.82) is 0 Å². The molecule has 10 heteroatoms. The predicted molar refractivity (Wildman–Crippen MR) is 170 cm³/mol. The predicted octanol–water partition coefficient (Wildman–Crippen LogP) is 6.79. The summed E-state index contributed by atoms with van der Waals surface area (Å²) in [6, 6.07) is 27.4. The molecule has 0 unspecified atom stereocenters. The molecule has 2 heterocycles. The number of carbonyl (C=O) groups excluding carboxylic acids is 1. The fourth-order valence-electron chi connectivity index (χ4n) is 4.60. The third-order valence-corrected chi connectivity index (χ3v) is 7.33. The molecule has 0 saturated heterocycles. The van der Waals surface area contributed by atoms with E-state index in [0.717, 1.165) is 10.9 Å². The Morgan fingerprint density at radius 3 is 2.63 bits per heavy atom. The number of rotatable bonds is 8.